The number of aromatic nitrogens is 1. The lowest BCUT2D eigenvalue weighted by atomic mass is 10.1. The molecule has 8 heteroatoms. The van der Waals surface area contributed by atoms with Crippen LogP contribution < -0.4 is 5.32 Å². The van der Waals surface area contributed by atoms with E-state index >= 15 is 0 Å². The molecule has 1 heterocycles. The number of hydrogen-bond donors (Lipinski definition) is 3. The molecule has 150 valence electrons. The van der Waals surface area contributed by atoms with Crippen LogP contribution in [-0.2, 0) is 27.2 Å². The number of nitrogens with zero attached hydrogens (tertiary/aromatic N) is 2. The second kappa shape index (κ2) is 9.80. The average molecular weight is 387 g/mol. The molecule has 1 aromatic carbocycles. The second-order valence-corrected chi connectivity index (χ2v) is 6.40. The number of carboxylic acid groups (broad SMARTS) is 2. The number of aliphatic carboxylic acids is 2. The highest BCUT2D eigenvalue weighted by Gasteiger charge is 2.21. The lowest BCUT2D eigenvalue weighted by molar-refractivity contribution is -0.159. The fourth-order valence-corrected chi connectivity index (χ4v) is 3.18. The van der Waals surface area contributed by atoms with Gasteiger partial charge >= 0.3 is 11.9 Å². The first-order chi connectivity index (χ1) is 13.4. The summed E-state index contributed by atoms with van der Waals surface area (Å²) in [6.07, 6.45) is 3.14. The summed E-state index contributed by atoms with van der Waals surface area (Å²) in [7, 11) is 0. The summed E-state index contributed by atoms with van der Waals surface area (Å²) in [5, 5.41) is 19.0. The Hall–Kier alpha value is -3.00. The zero-order valence-electron chi connectivity index (χ0n) is 16.1. The topological polar surface area (TPSA) is 120 Å². The van der Waals surface area contributed by atoms with E-state index in [2.05, 4.69) is 24.1 Å². The molecule has 0 radical (unpaired) electrons. The van der Waals surface area contributed by atoms with Crippen molar-refractivity contribution in [2.24, 2.45) is 0 Å². The molecule has 28 heavy (non-hydrogen) atoms. The third-order valence-corrected chi connectivity index (χ3v) is 4.63. The summed E-state index contributed by atoms with van der Waals surface area (Å²) in [6.45, 7) is 6.38. The van der Waals surface area contributed by atoms with Gasteiger partial charge in [0.25, 0.3) is 0 Å². The van der Waals surface area contributed by atoms with Crippen LogP contribution in [0.4, 0.5) is 5.69 Å². The van der Waals surface area contributed by atoms with Crippen molar-refractivity contribution in [2.45, 2.75) is 33.1 Å². The molecule has 0 saturated carbocycles. The minimum absolute atomic E-state index is 0.0640. The van der Waals surface area contributed by atoms with Gasteiger partial charge in [-0.05, 0) is 44.0 Å². The molecule has 2 aromatic rings. The number of carbonyl (C=O) groups is 3. The Morgan fingerprint density at radius 3 is 2.32 bits per heavy atom. The van der Waals surface area contributed by atoms with Crippen molar-refractivity contribution in [1.82, 2.24) is 9.88 Å². The number of para-hydroxylation sites is 1. The molecule has 1 aliphatic carbocycles. The van der Waals surface area contributed by atoms with E-state index in [-0.39, 0.29) is 5.91 Å². The predicted molar refractivity (Wildman–Crippen MR) is 105 cm³/mol. The quantitative estimate of drug-likeness (QED) is 0.673. The van der Waals surface area contributed by atoms with Gasteiger partial charge in [-0.25, -0.2) is 9.59 Å². The Morgan fingerprint density at radius 1 is 1.07 bits per heavy atom. The van der Waals surface area contributed by atoms with E-state index in [9.17, 15) is 4.79 Å². The van der Waals surface area contributed by atoms with Gasteiger partial charge in [0.1, 0.15) is 0 Å². The van der Waals surface area contributed by atoms with Crippen LogP contribution in [0, 0.1) is 0 Å². The molecule has 1 aliphatic rings. The lowest BCUT2D eigenvalue weighted by Gasteiger charge is -2.19. The van der Waals surface area contributed by atoms with Gasteiger partial charge in [-0.1, -0.05) is 32.0 Å². The van der Waals surface area contributed by atoms with Crippen molar-refractivity contribution >= 4 is 34.4 Å². The van der Waals surface area contributed by atoms with Crippen LogP contribution in [0.3, 0.4) is 0 Å². The van der Waals surface area contributed by atoms with Crippen LogP contribution in [0.1, 0.15) is 31.5 Å². The summed E-state index contributed by atoms with van der Waals surface area (Å²) in [5.74, 6) is -3.58. The fraction of sp³-hybridized carbons (Fsp3) is 0.400. The number of anilines is 1. The molecule has 1 amide bonds. The van der Waals surface area contributed by atoms with Crippen molar-refractivity contribution in [3.05, 3.63) is 35.5 Å². The van der Waals surface area contributed by atoms with E-state index in [0.717, 1.165) is 54.6 Å². The van der Waals surface area contributed by atoms with Gasteiger partial charge in [0.15, 0.2) is 0 Å². The van der Waals surface area contributed by atoms with Gasteiger partial charge in [-0.2, -0.15) is 0 Å². The van der Waals surface area contributed by atoms with Gasteiger partial charge in [0.2, 0.25) is 5.91 Å². The maximum absolute atomic E-state index is 12.4. The minimum Gasteiger partial charge on any atom is -0.473 e. The smallest absolute Gasteiger partial charge is 0.414 e. The number of benzene rings is 1. The molecule has 0 aliphatic heterocycles. The third kappa shape index (κ3) is 5.26. The summed E-state index contributed by atoms with van der Waals surface area (Å²) < 4.78 is 0. The zero-order valence-corrected chi connectivity index (χ0v) is 16.1. The molecule has 0 spiro atoms. The molecule has 0 atom stereocenters. The number of carboxylic acids is 2. The van der Waals surface area contributed by atoms with Crippen molar-refractivity contribution in [1.29, 1.82) is 0 Å². The Balaban J connectivity index is 0.000000409. The number of amides is 1. The molecule has 3 N–H and O–H groups in total. The Bertz CT molecular complexity index is 866. The molecule has 8 nitrogen and oxygen atoms in total. The Labute approximate surface area is 163 Å². The molecule has 0 fully saturated rings. The van der Waals surface area contributed by atoms with Gasteiger partial charge in [0.05, 0.1) is 17.7 Å². The first-order valence-electron chi connectivity index (χ1n) is 9.26. The monoisotopic (exact) mass is 387 g/mol. The van der Waals surface area contributed by atoms with Crippen LogP contribution >= 0.6 is 0 Å². The van der Waals surface area contributed by atoms with E-state index < -0.39 is 11.9 Å². The Morgan fingerprint density at radius 2 is 1.71 bits per heavy atom. The molecular formula is C20H25N3O5. The number of rotatable bonds is 5. The second-order valence-electron chi connectivity index (χ2n) is 6.40. The average Bonchev–Trinajstić information content (AvgIpc) is 3.14. The maximum Gasteiger partial charge on any atom is 0.414 e. The van der Waals surface area contributed by atoms with E-state index in [4.69, 9.17) is 24.8 Å². The van der Waals surface area contributed by atoms with Crippen LogP contribution in [0.2, 0.25) is 0 Å². The fourth-order valence-electron chi connectivity index (χ4n) is 3.18. The molecular weight excluding hydrogens is 362 g/mol. The van der Waals surface area contributed by atoms with Gasteiger partial charge < -0.3 is 15.5 Å². The van der Waals surface area contributed by atoms with Crippen LogP contribution in [0.25, 0.3) is 10.9 Å². The summed E-state index contributed by atoms with van der Waals surface area (Å²) in [6, 6.07) is 8.07. The highest BCUT2D eigenvalue weighted by atomic mass is 16.4. The number of nitrogens with one attached hydrogen (secondary N) is 1. The minimum atomic E-state index is -1.82. The van der Waals surface area contributed by atoms with Gasteiger partial charge in [-0.3, -0.25) is 14.7 Å². The standard InChI is InChI=1S/C18H23N3O.C2H2O4/c1-3-21(4-2)12-17(22)20-18-13-8-5-6-10-15(13)19-16-11-7-9-14(16)18;3-1(4)2(5)6/h5-6,8,10H,3-4,7,9,11-12H2,1-2H3,(H,19,20,22);(H,3,4)(H,5,6). The summed E-state index contributed by atoms with van der Waals surface area (Å²) in [4.78, 5) is 37.5. The zero-order chi connectivity index (χ0) is 20.7. The molecule has 0 bridgehead atoms. The summed E-state index contributed by atoms with van der Waals surface area (Å²) in [5.41, 5.74) is 4.33. The van der Waals surface area contributed by atoms with Crippen LogP contribution in [0.5, 0.6) is 0 Å². The van der Waals surface area contributed by atoms with E-state index in [0.29, 0.717) is 6.54 Å². The predicted octanol–water partition coefficient (Wildman–Crippen LogP) is 2.16. The maximum atomic E-state index is 12.4. The lowest BCUT2D eigenvalue weighted by Crippen LogP contribution is -2.33. The number of likely N-dealkylation sites (N-methyl/N-ethyl adjacent to an activating group) is 1. The molecule has 1 aromatic heterocycles. The van der Waals surface area contributed by atoms with E-state index in [1.54, 1.807) is 0 Å². The van der Waals surface area contributed by atoms with Crippen LogP contribution in [0.15, 0.2) is 24.3 Å². The molecule has 0 unspecified atom stereocenters. The number of pyridine rings is 1. The number of fused-ring (bicyclic) bond motifs is 2. The Kier molecular flexibility index (Phi) is 7.45. The number of aryl methyl sites for hydroxylation is 1. The number of carbonyl (C=O) groups excluding carboxylic acids is 1. The largest absolute Gasteiger partial charge is 0.473 e. The van der Waals surface area contributed by atoms with E-state index in [1.165, 1.54) is 5.56 Å². The highest BCUT2D eigenvalue weighted by Crippen LogP contribution is 2.33. The van der Waals surface area contributed by atoms with Crippen molar-refractivity contribution in [3.8, 4) is 0 Å². The SMILES string of the molecule is CCN(CC)CC(=O)Nc1c2c(nc3ccccc13)CCC2.O=C(O)C(=O)O. The van der Waals surface area contributed by atoms with Gasteiger partial charge in [0, 0.05) is 11.1 Å². The van der Waals surface area contributed by atoms with Gasteiger partial charge in [-0.15, -0.1) is 0 Å². The van der Waals surface area contributed by atoms with E-state index in [1.807, 2.05) is 24.3 Å². The normalized spacial score (nSPS) is 12.2. The summed E-state index contributed by atoms with van der Waals surface area (Å²) >= 11 is 0. The first kappa shape index (κ1) is 21.3. The third-order valence-electron chi connectivity index (χ3n) is 4.63. The van der Waals surface area contributed by atoms with Crippen molar-refractivity contribution in [2.75, 3.05) is 25.0 Å². The highest BCUT2D eigenvalue weighted by molar-refractivity contribution is 6.27. The van der Waals surface area contributed by atoms with Crippen molar-refractivity contribution < 1.29 is 24.6 Å². The van der Waals surface area contributed by atoms with Crippen molar-refractivity contribution in [3.63, 3.8) is 0 Å². The molecule has 0 saturated heterocycles. The number of hydrogen-bond acceptors (Lipinski definition) is 5. The first-order valence-corrected chi connectivity index (χ1v) is 9.26. The van der Waals surface area contributed by atoms with Crippen LogP contribution in [-0.4, -0.2) is 57.6 Å². The molecule has 3 rings (SSSR count).